The van der Waals surface area contributed by atoms with Gasteiger partial charge in [-0.15, -0.1) is 0 Å². The molecule has 0 aliphatic rings. The van der Waals surface area contributed by atoms with Crippen LogP contribution in [-0.4, -0.2) is 37.2 Å². The Bertz CT molecular complexity index is 396. The first-order valence-corrected chi connectivity index (χ1v) is 6.65. The lowest BCUT2D eigenvalue weighted by molar-refractivity contribution is 0.354. The molecule has 1 aromatic heterocycles. The van der Waals surface area contributed by atoms with E-state index in [-0.39, 0.29) is 6.54 Å². The van der Waals surface area contributed by atoms with Crippen molar-refractivity contribution in [3.63, 3.8) is 0 Å². The molecular weight excluding hydrogens is 228 g/mol. The highest BCUT2D eigenvalue weighted by molar-refractivity contribution is 7.86. The Kier molecular flexibility index (Phi) is 4.52. The molecule has 0 radical (unpaired) electrons. The zero-order valence-electron chi connectivity index (χ0n) is 9.88. The van der Waals surface area contributed by atoms with E-state index >= 15 is 0 Å². The van der Waals surface area contributed by atoms with E-state index in [1.54, 1.807) is 19.2 Å². The number of hydrogen-bond acceptors (Lipinski definition) is 3. The van der Waals surface area contributed by atoms with Gasteiger partial charge in [0.05, 0.1) is 12.8 Å². The van der Waals surface area contributed by atoms with Gasteiger partial charge in [-0.2, -0.15) is 17.0 Å². The average molecular weight is 246 g/mol. The maximum absolute atomic E-state index is 12.0. The molecule has 0 unspecified atom stereocenters. The minimum Gasteiger partial charge on any atom is -0.468 e. The first-order chi connectivity index (χ1) is 7.52. The quantitative estimate of drug-likeness (QED) is 0.760. The monoisotopic (exact) mass is 246 g/mol. The second kappa shape index (κ2) is 5.47. The molecule has 0 amide bonds. The Balaban J connectivity index is 2.76. The molecule has 92 valence electrons. The van der Waals surface area contributed by atoms with Gasteiger partial charge in [-0.25, -0.2) is 0 Å². The highest BCUT2D eigenvalue weighted by Gasteiger charge is 2.24. The lowest BCUT2D eigenvalue weighted by Gasteiger charge is -2.24. The molecule has 1 heterocycles. The maximum Gasteiger partial charge on any atom is 0.282 e. The Labute approximate surface area is 96.8 Å². The second-order valence-corrected chi connectivity index (χ2v) is 5.46. The van der Waals surface area contributed by atoms with Crippen LogP contribution in [-0.2, 0) is 16.8 Å². The van der Waals surface area contributed by atoms with E-state index < -0.39 is 10.2 Å². The van der Waals surface area contributed by atoms with Crippen LogP contribution in [0.5, 0.6) is 0 Å². The van der Waals surface area contributed by atoms with Crippen molar-refractivity contribution >= 4 is 10.2 Å². The zero-order valence-corrected chi connectivity index (χ0v) is 10.7. The van der Waals surface area contributed by atoms with Gasteiger partial charge in [-0.1, -0.05) is 13.8 Å². The van der Waals surface area contributed by atoms with Crippen LogP contribution in [0.1, 0.15) is 19.6 Å². The van der Waals surface area contributed by atoms with Crippen LogP contribution >= 0.6 is 0 Å². The van der Waals surface area contributed by atoms with Crippen molar-refractivity contribution in [1.29, 1.82) is 0 Å². The van der Waals surface area contributed by atoms with Crippen molar-refractivity contribution in [3.05, 3.63) is 24.2 Å². The highest BCUT2D eigenvalue weighted by Crippen LogP contribution is 2.11. The van der Waals surface area contributed by atoms with Crippen LogP contribution in [0.2, 0.25) is 0 Å². The molecule has 0 fully saturated rings. The summed E-state index contributed by atoms with van der Waals surface area (Å²) in [5.74, 6) is 0.637. The number of furan rings is 1. The molecule has 1 aromatic rings. The molecule has 0 spiro atoms. The van der Waals surface area contributed by atoms with Crippen molar-refractivity contribution in [3.8, 4) is 0 Å². The summed E-state index contributed by atoms with van der Waals surface area (Å²) in [6.07, 6.45) is 1.53. The molecule has 5 nitrogen and oxygen atoms in total. The van der Waals surface area contributed by atoms with E-state index in [4.69, 9.17) is 4.42 Å². The Morgan fingerprint density at radius 1 is 1.31 bits per heavy atom. The van der Waals surface area contributed by atoms with Gasteiger partial charge in [0.25, 0.3) is 10.2 Å². The molecule has 0 N–H and O–H groups in total. The normalized spacial score (nSPS) is 12.6. The molecule has 0 aliphatic heterocycles. The van der Waals surface area contributed by atoms with Crippen LogP contribution in [0.15, 0.2) is 22.8 Å². The van der Waals surface area contributed by atoms with E-state index in [2.05, 4.69) is 0 Å². The first kappa shape index (κ1) is 13.2. The summed E-state index contributed by atoms with van der Waals surface area (Å²) in [6.45, 7) is 4.85. The maximum atomic E-state index is 12.0. The highest BCUT2D eigenvalue weighted by atomic mass is 32.2. The summed E-state index contributed by atoms with van der Waals surface area (Å²) < 4.78 is 31.9. The second-order valence-electron chi connectivity index (χ2n) is 3.43. The minimum absolute atomic E-state index is 0.256. The molecule has 0 aliphatic carbocycles. The number of hydrogen-bond donors (Lipinski definition) is 0. The molecule has 0 aromatic carbocycles. The van der Waals surface area contributed by atoms with Gasteiger partial charge in [-0.3, -0.25) is 0 Å². The van der Waals surface area contributed by atoms with Crippen LogP contribution in [0.3, 0.4) is 0 Å². The fourth-order valence-electron chi connectivity index (χ4n) is 1.45. The van der Waals surface area contributed by atoms with Gasteiger partial charge in [0.2, 0.25) is 0 Å². The van der Waals surface area contributed by atoms with Gasteiger partial charge < -0.3 is 4.42 Å². The summed E-state index contributed by atoms with van der Waals surface area (Å²) in [5, 5.41) is 0. The molecule has 0 saturated carbocycles. The predicted octanol–water partition coefficient (Wildman–Crippen LogP) is 1.30. The van der Waals surface area contributed by atoms with E-state index in [0.717, 1.165) is 0 Å². The number of rotatable bonds is 6. The molecule has 0 saturated heterocycles. The summed E-state index contributed by atoms with van der Waals surface area (Å²) in [6, 6.07) is 3.50. The third kappa shape index (κ3) is 2.84. The Morgan fingerprint density at radius 2 is 1.94 bits per heavy atom. The van der Waals surface area contributed by atoms with Crippen molar-refractivity contribution in [2.45, 2.75) is 20.4 Å². The van der Waals surface area contributed by atoms with Crippen LogP contribution in [0.4, 0.5) is 0 Å². The van der Waals surface area contributed by atoms with Crippen molar-refractivity contribution < 1.29 is 12.8 Å². The van der Waals surface area contributed by atoms with E-state index in [1.807, 2.05) is 13.8 Å². The predicted molar refractivity (Wildman–Crippen MR) is 62.0 cm³/mol. The lowest BCUT2D eigenvalue weighted by Crippen LogP contribution is -2.41. The zero-order chi connectivity index (χ0) is 12.2. The van der Waals surface area contributed by atoms with Crippen molar-refractivity contribution in [2.75, 3.05) is 20.1 Å². The van der Waals surface area contributed by atoms with E-state index in [9.17, 15) is 8.42 Å². The van der Waals surface area contributed by atoms with Gasteiger partial charge in [0.1, 0.15) is 5.76 Å². The third-order valence-electron chi connectivity index (χ3n) is 2.38. The van der Waals surface area contributed by atoms with Gasteiger partial charge in [0.15, 0.2) is 0 Å². The van der Waals surface area contributed by atoms with Crippen molar-refractivity contribution in [2.24, 2.45) is 0 Å². The summed E-state index contributed by atoms with van der Waals surface area (Å²) >= 11 is 0. The van der Waals surface area contributed by atoms with E-state index in [1.165, 1.54) is 14.9 Å². The topological polar surface area (TPSA) is 53.8 Å². The lowest BCUT2D eigenvalue weighted by atomic mass is 10.4. The molecular formula is C10H18N2O3S. The minimum atomic E-state index is -3.37. The fourth-order valence-corrected chi connectivity index (χ4v) is 2.79. The van der Waals surface area contributed by atoms with Gasteiger partial charge in [-0.05, 0) is 12.1 Å². The smallest absolute Gasteiger partial charge is 0.282 e. The molecule has 0 bridgehead atoms. The third-order valence-corrected chi connectivity index (χ3v) is 4.47. The SMILES string of the molecule is CCN(CC)S(=O)(=O)N(C)Cc1ccco1. The summed E-state index contributed by atoms with van der Waals surface area (Å²) in [4.78, 5) is 0. The summed E-state index contributed by atoms with van der Waals surface area (Å²) in [5.41, 5.74) is 0. The van der Waals surface area contributed by atoms with Gasteiger partial charge >= 0.3 is 0 Å². The molecule has 6 heteroatoms. The van der Waals surface area contributed by atoms with Crippen LogP contribution in [0.25, 0.3) is 0 Å². The largest absolute Gasteiger partial charge is 0.468 e. The van der Waals surface area contributed by atoms with Crippen molar-refractivity contribution in [1.82, 2.24) is 8.61 Å². The number of nitrogens with zero attached hydrogens (tertiary/aromatic N) is 2. The summed E-state index contributed by atoms with van der Waals surface area (Å²) in [7, 11) is -1.82. The Hall–Kier alpha value is -0.850. The first-order valence-electron chi connectivity index (χ1n) is 5.26. The van der Waals surface area contributed by atoms with Crippen LogP contribution in [0, 0.1) is 0 Å². The average Bonchev–Trinajstić information content (AvgIpc) is 2.71. The standard InChI is InChI=1S/C10H18N2O3S/c1-4-12(5-2)16(13,14)11(3)9-10-7-6-8-15-10/h6-8H,4-5,9H2,1-3H3. The molecule has 16 heavy (non-hydrogen) atoms. The van der Waals surface area contributed by atoms with Crippen LogP contribution < -0.4 is 0 Å². The van der Waals surface area contributed by atoms with E-state index in [0.29, 0.717) is 18.8 Å². The Morgan fingerprint density at radius 3 is 2.38 bits per heavy atom. The fraction of sp³-hybridized carbons (Fsp3) is 0.600. The molecule has 0 atom stereocenters. The van der Waals surface area contributed by atoms with Gasteiger partial charge in [0, 0.05) is 20.1 Å². The molecule has 1 rings (SSSR count).